The molecule has 1 unspecified atom stereocenters. The van der Waals surface area contributed by atoms with Crippen molar-refractivity contribution in [1.29, 1.82) is 0 Å². The zero-order valence-corrected chi connectivity index (χ0v) is 18.7. The van der Waals surface area contributed by atoms with Crippen molar-refractivity contribution in [2.75, 3.05) is 13.1 Å². The summed E-state index contributed by atoms with van der Waals surface area (Å²) in [5.74, 6) is 0.269. The maximum atomic E-state index is 13.2. The van der Waals surface area contributed by atoms with Crippen molar-refractivity contribution in [3.8, 4) is 0 Å². The number of hydrogen-bond acceptors (Lipinski definition) is 5. The molecule has 1 saturated heterocycles. The van der Waals surface area contributed by atoms with Crippen LogP contribution in [0.5, 0.6) is 0 Å². The topological polar surface area (TPSA) is 96.8 Å². The van der Waals surface area contributed by atoms with Gasteiger partial charge in [0.2, 0.25) is 5.91 Å². The minimum Gasteiger partial charge on any atom is -0.342 e. The smallest absolute Gasteiger partial charge is 0.281 e. The third-order valence-corrected chi connectivity index (χ3v) is 6.27. The Morgan fingerprint density at radius 1 is 1.09 bits per heavy atom. The van der Waals surface area contributed by atoms with Gasteiger partial charge < -0.3 is 9.88 Å². The Hall–Kier alpha value is -3.88. The molecule has 0 aliphatic carbocycles. The van der Waals surface area contributed by atoms with Crippen molar-refractivity contribution in [3.05, 3.63) is 87.7 Å². The van der Waals surface area contributed by atoms with E-state index in [1.165, 1.54) is 12.1 Å². The molecule has 2 aromatic carbocycles. The predicted octanol–water partition coefficient (Wildman–Crippen LogP) is 3.04. The second-order valence-electron chi connectivity index (χ2n) is 8.66. The number of halogens is 1. The lowest BCUT2D eigenvalue weighted by molar-refractivity contribution is -0.132. The zero-order chi connectivity index (χ0) is 23.5. The number of carbonyl (C=O) groups is 1. The summed E-state index contributed by atoms with van der Waals surface area (Å²) in [5, 5.41) is 8.06. The van der Waals surface area contributed by atoms with Crippen molar-refractivity contribution in [2.24, 2.45) is 0 Å². The van der Waals surface area contributed by atoms with Crippen LogP contribution in [0.15, 0.2) is 59.4 Å². The largest absolute Gasteiger partial charge is 0.342 e. The van der Waals surface area contributed by atoms with E-state index in [0.29, 0.717) is 43.9 Å². The molecule has 1 aliphatic heterocycles. The quantitative estimate of drug-likeness (QED) is 0.477. The normalized spacial score (nSPS) is 16.1. The fourth-order valence-corrected chi connectivity index (χ4v) is 4.43. The van der Waals surface area contributed by atoms with E-state index in [0.717, 1.165) is 24.0 Å². The number of piperidine rings is 1. The predicted molar refractivity (Wildman–Crippen MR) is 125 cm³/mol. The standard InChI is InChI=1S/C25H25FN6O2/c26-20-11-8-18(9-12-20)15-32-24-22(29-30-32)25(34)28-23(27-24)19-7-4-14-31(16-19)21(33)13-10-17-5-2-1-3-6-17/h1-3,5-6,8-9,11-12,19H,4,7,10,13-16H2,(H,27,28,34). The Labute approximate surface area is 195 Å². The van der Waals surface area contributed by atoms with Crippen molar-refractivity contribution in [2.45, 2.75) is 38.1 Å². The summed E-state index contributed by atoms with van der Waals surface area (Å²) in [6, 6.07) is 16.1. The molecule has 9 heteroatoms. The molecule has 8 nitrogen and oxygen atoms in total. The average molecular weight is 461 g/mol. The summed E-state index contributed by atoms with van der Waals surface area (Å²) in [5.41, 5.74) is 2.17. The van der Waals surface area contributed by atoms with Gasteiger partial charge in [-0.25, -0.2) is 14.1 Å². The van der Waals surface area contributed by atoms with Crippen LogP contribution in [0.3, 0.4) is 0 Å². The third-order valence-electron chi connectivity index (χ3n) is 6.27. The number of aromatic amines is 1. The van der Waals surface area contributed by atoms with Crippen LogP contribution in [-0.4, -0.2) is 48.9 Å². The van der Waals surface area contributed by atoms with Gasteiger partial charge in [-0.3, -0.25) is 9.59 Å². The van der Waals surface area contributed by atoms with E-state index in [2.05, 4.69) is 15.3 Å². The van der Waals surface area contributed by atoms with Gasteiger partial charge in [-0.1, -0.05) is 47.7 Å². The molecule has 2 aromatic heterocycles. The fourth-order valence-electron chi connectivity index (χ4n) is 4.43. The molecule has 1 atom stereocenters. The average Bonchev–Trinajstić information content (AvgIpc) is 3.28. The highest BCUT2D eigenvalue weighted by Crippen LogP contribution is 2.25. The number of nitrogens with one attached hydrogen (secondary N) is 1. The van der Waals surface area contributed by atoms with E-state index in [9.17, 15) is 14.0 Å². The first-order valence-corrected chi connectivity index (χ1v) is 11.5. The molecule has 1 N–H and O–H groups in total. The number of H-pyrrole nitrogens is 1. The molecule has 1 fully saturated rings. The molecular formula is C25H25FN6O2. The van der Waals surface area contributed by atoms with Gasteiger partial charge in [-0.2, -0.15) is 0 Å². The number of amides is 1. The lowest BCUT2D eigenvalue weighted by atomic mass is 9.96. The molecule has 174 valence electrons. The van der Waals surface area contributed by atoms with Gasteiger partial charge in [0.05, 0.1) is 6.54 Å². The summed E-state index contributed by atoms with van der Waals surface area (Å²) in [4.78, 5) is 34.9. The van der Waals surface area contributed by atoms with E-state index in [-0.39, 0.29) is 28.7 Å². The van der Waals surface area contributed by atoms with Crippen molar-refractivity contribution >= 4 is 17.1 Å². The maximum absolute atomic E-state index is 13.2. The summed E-state index contributed by atoms with van der Waals surface area (Å²) in [6.45, 7) is 1.55. The molecule has 0 saturated carbocycles. The molecule has 3 heterocycles. The summed E-state index contributed by atoms with van der Waals surface area (Å²) in [7, 11) is 0. The van der Waals surface area contributed by atoms with E-state index >= 15 is 0 Å². The van der Waals surface area contributed by atoms with Crippen LogP contribution in [0, 0.1) is 5.82 Å². The highest BCUT2D eigenvalue weighted by atomic mass is 19.1. The van der Waals surface area contributed by atoms with Crippen LogP contribution in [0.4, 0.5) is 4.39 Å². The fraction of sp³-hybridized carbons (Fsp3) is 0.320. The van der Waals surface area contributed by atoms with Crippen molar-refractivity contribution < 1.29 is 9.18 Å². The molecule has 5 rings (SSSR count). The highest BCUT2D eigenvalue weighted by molar-refractivity contribution is 5.76. The van der Waals surface area contributed by atoms with Crippen LogP contribution in [-0.2, 0) is 17.8 Å². The second kappa shape index (κ2) is 9.54. The minimum absolute atomic E-state index is 0.0688. The summed E-state index contributed by atoms with van der Waals surface area (Å²) >= 11 is 0. The number of aryl methyl sites for hydroxylation is 1. The summed E-state index contributed by atoms with van der Waals surface area (Å²) < 4.78 is 14.8. The zero-order valence-electron chi connectivity index (χ0n) is 18.7. The third kappa shape index (κ3) is 4.73. The molecule has 34 heavy (non-hydrogen) atoms. The first-order chi connectivity index (χ1) is 16.6. The van der Waals surface area contributed by atoms with Gasteiger partial charge in [0.1, 0.15) is 11.6 Å². The Morgan fingerprint density at radius 2 is 1.88 bits per heavy atom. The number of nitrogens with zero attached hydrogens (tertiary/aromatic N) is 5. The summed E-state index contributed by atoms with van der Waals surface area (Å²) in [6.07, 6.45) is 2.83. The van der Waals surface area contributed by atoms with Crippen LogP contribution in [0.1, 0.15) is 42.1 Å². The van der Waals surface area contributed by atoms with Gasteiger partial charge in [0, 0.05) is 25.4 Å². The van der Waals surface area contributed by atoms with E-state index in [1.807, 2.05) is 35.2 Å². The minimum atomic E-state index is -0.349. The van der Waals surface area contributed by atoms with E-state index in [4.69, 9.17) is 4.98 Å². The van der Waals surface area contributed by atoms with Crippen LogP contribution < -0.4 is 5.56 Å². The molecule has 0 radical (unpaired) electrons. The number of likely N-dealkylation sites (tertiary alicyclic amines) is 1. The highest BCUT2D eigenvalue weighted by Gasteiger charge is 2.27. The van der Waals surface area contributed by atoms with Gasteiger partial charge in [-0.05, 0) is 42.5 Å². The molecule has 0 spiro atoms. The Kier molecular flexibility index (Phi) is 6.16. The number of benzene rings is 2. The SMILES string of the molecule is O=C(CCc1ccccc1)N1CCCC(c2nc3c(nnn3Cc3ccc(F)cc3)c(=O)[nH]2)C1. The Morgan fingerprint density at radius 3 is 2.68 bits per heavy atom. The van der Waals surface area contributed by atoms with Gasteiger partial charge in [0.25, 0.3) is 5.56 Å². The number of fused-ring (bicyclic) bond motifs is 1. The first-order valence-electron chi connectivity index (χ1n) is 11.5. The van der Waals surface area contributed by atoms with Gasteiger partial charge >= 0.3 is 0 Å². The number of carbonyl (C=O) groups excluding carboxylic acids is 1. The van der Waals surface area contributed by atoms with E-state index in [1.54, 1.807) is 16.8 Å². The monoisotopic (exact) mass is 460 g/mol. The van der Waals surface area contributed by atoms with Crippen LogP contribution in [0.25, 0.3) is 11.2 Å². The molecule has 1 aliphatic rings. The second-order valence-corrected chi connectivity index (χ2v) is 8.66. The van der Waals surface area contributed by atoms with Crippen molar-refractivity contribution in [1.82, 2.24) is 29.9 Å². The van der Waals surface area contributed by atoms with Gasteiger partial charge in [-0.15, -0.1) is 5.10 Å². The molecule has 4 aromatic rings. The maximum Gasteiger partial charge on any atom is 0.281 e. The van der Waals surface area contributed by atoms with Crippen LogP contribution >= 0.6 is 0 Å². The van der Waals surface area contributed by atoms with Gasteiger partial charge in [0.15, 0.2) is 11.2 Å². The molecule has 0 bridgehead atoms. The van der Waals surface area contributed by atoms with Crippen LogP contribution in [0.2, 0.25) is 0 Å². The molecule has 1 amide bonds. The Balaban J connectivity index is 1.33. The lowest BCUT2D eigenvalue weighted by Crippen LogP contribution is -2.40. The molecular weight excluding hydrogens is 435 g/mol. The number of aromatic nitrogens is 5. The number of rotatable bonds is 6. The number of hydrogen-bond donors (Lipinski definition) is 1. The van der Waals surface area contributed by atoms with E-state index < -0.39 is 0 Å². The first kappa shape index (κ1) is 21.9. The van der Waals surface area contributed by atoms with Crippen molar-refractivity contribution in [3.63, 3.8) is 0 Å². The lowest BCUT2D eigenvalue weighted by Gasteiger charge is -2.32. The Bertz CT molecular complexity index is 1350.